The molecule has 4 rings (SSSR count). The molecule has 26 heavy (non-hydrogen) atoms. The molecule has 3 heteroatoms. The van der Waals surface area contributed by atoms with Gasteiger partial charge in [-0.15, -0.1) is 11.3 Å². The van der Waals surface area contributed by atoms with Gasteiger partial charge in [0, 0.05) is 29.4 Å². The Morgan fingerprint density at radius 3 is 2.04 bits per heavy atom. The van der Waals surface area contributed by atoms with Gasteiger partial charge in [-0.05, 0) is 40.8 Å². The molecule has 0 aliphatic heterocycles. The molecule has 1 heterocycles. The van der Waals surface area contributed by atoms with E-state index >= 15 is 0 Å². The second kappa shape index (κ2) is 6.60. The summed E-state index contributed by atoms with van der Waals surface area (Å²) in [5, 5.41) is 13.1. The molecule has 1 unspecified atom stereocenters. The number of rotatable bonds is 4. The van der Waals surface area contributed by atoms with Crippen LogP contribution >= 0.6 is 11.3 Å². The molecule has 3 aromatic carbocycles. The van der Waals surface area contributed by atoms with Crippen LogP contribution in [0, 0.1) is 0 Å². The van der Waals surface area contributed by atoms with E-state index in [1.54, 1.807) is 11.3 Å². The molecular weight excluding hydrogens is 338 g/mol. The fraction of sp³-hybridized carbons (Fsp3) is 0.130. The van der Waals surface area contributed by atoms with Gasteiger partial charge in [0.1, 0.15) is 5.60 Å². The number of anilines is 1. The van der Waals surface area contributed by atoms with E-state index in [1.807, 2.05) is 68.7 Å². The van der Waals surface area contributed by atoms with Gasteiger partial charge >= 0.3 is 0 Å². The van der Waals surface area contributed by atoms with Gasteiger partial charge in [0.15, 0.2) is 0 Å². The van der Waals surface area contributed by atoms with Crippen LogP contribution in [0.5, 0.6) is 0 Å². The van der Waals surface area contributed by atoms with E-state index in [1.165, 1.54) is 4.70 Å². The molecule has 0 spiro atoms. The van der Waals surface area contributed by atoms with Crippen LogP contribution in [0.3, 0.4) is 0 Å². The highest BCUT2D eigenvalue weighted by molar-refractivity contribution is 7.19. The first-order chi connectivity index (χ1) is 12.6. The van der Waals surface area contributed by atoms with Gasteiger partial charge in [0.2, 0.25) is 0 Å². The molecule has 1 atom stereocenters. The van der Waals surface area contributed by atoms with Crippen molar-refractivity contribution in [2.45, 2.75) is 5.60 Å². The van der Waals surface area contributed by atoms with Crippen molar-refractivity contribution < 1.29 is 5.11 Å². The Balaban J connectivity index is 1.92. The molecule has 0 radical (unpaired) electrons. The fourth-order valence-electron chi connectivity index (χ4n) is 3.29. The van der Waals surface area contributed by atoms with Gasteiger partial charge in [0.25, 0.3) is 0 Å². The quantitative estimate of drug-likeness (QED) is 0.538. The van der Waals surface area contributed by atoms with Crippen LogP contribution in [0.15, 0.2) is 84.9 Å². The van der Waals surface area contributed by atoms with Gasteiger partial charge in [-0.1, -0.05) is 60.7 Å². The largest absolute Gasteiger partial charge is 0.378 e. The summed E-state index contributed by atoms with van der Waals surface area (Å²) in [6.45, 7) is 0. The van der Waals surface area contributed by atoms with E-state index in [0.29, 0.717) is 0 Å². The number of nitrogens with zero attached hydrogens (tertiary/aromatic N) is 1. The minimum Gasteiger partial charge on any atom is -0.378 e. The maximum absolute atomic E-state index is 12.0. The van der Waals surface area contributed by atoms with Crippen LogP contribution in [0.25, 0.3) is 10.1 Å². The van der Waals surface area contributed by atoms with E-state index in [2.05, 4.69) is 35.2 Å². The Hall–Kier alpha value is -2.62. The van der Waals surface area contributed by atoms with Crippen LogP contribution in [-0.4, -0.2) is 19.2 Å². The van der Waals surface area contributed by atoms with Crippen molar-refractivity contribution in [1.82, 2.24) is 0 Å². The Labute approximate surface area is 158 Å². The Kier molecular flexibility index (Phi) is 4.27. The molecule has 0 saturated heterocycles. The van der Waals surface area contributed by atoms with E-state index in [4.69, 9.17) is 0 Å². The summed E-state index contributed by atoms with van der Waals surface area (Å²) in [6, 6.07) is 28.4. The normalized spacial score (nSPS) is 13.5. The molecular formula is C23H21NOS. The SMILES string of the molecule is CN(C)c1ccc(C(O)(c2ccccc2)c2cc3ccccc3s2)cc1. The predicted octanol–water partition coefficient (Wildman–Crippen LogP) is 5.25. The first kappa shape index (κ1) is 16.8. The molecule has 0 aliphatic carbocycles. The molecule has 1 N–H and O–H groups in total. The van der Waals surface area contributed by atoms with E-state index in [0.717, 1.165) is 27.1 Å². The second-order valence-electron chi connectivity index (χ2n) is 6.67. The van der Waals surface area contributed by atoms with Gasteiger partial charge in [-0.3, -0.25) is 0 Å². The van der Waals surface area contributed by atoms with Crippen molar-refractivity contribution in [2.24, 2.45) is 0 Å². The summed E-state index contributed by atoms with van der Waals surface area (Å²) in [6.07, 6.45) is 0. The Morgan fingerprint density at radius 1 is 0.769 bits per heavy atom. The summed E-state index contributed by atoms with van der Waals surface area (Å²) in [5.41, 5.74) is 1.70. The molecule has 130 valence electrons. The number of hydrogen-bond donors (Lipinski definition) is 1. The average molecular weight is 359 g/mol. The molecule has 0 aliphatic rings. The first-order valence-electron chi connectivity index (χ1n) is 8.64. The molecule has 2 nitrogen and oxygen atoms in total. The zero-order valence-corrected chi connectivity index (χ0v) is 15.7. The monoisotopic (exact) mass is 359 g/mol. The van der Waals surface area contributed by atoms with Crippen molar-refractivity contribution in [1.29, 1.82) is 0 Å². The number of fused-ring (bicyclic) bond motifs is 1. The predicted molar refractivity (Wildman–Crippen MR) is 111 cm³/mol. The minimum atomic E-state index is -1.17. The van der Waals surface area contributed by atoms with E-state index < -0.39 is 5.60 Å². The van der Waals surface area contributed by atoms with Gasteiger partial charge in [0.05, 0.1) is 0 Å². The Bertz CT molecular complexity index is 988. The smallest absolute Gasteiger partial charge is 0.149 e. The topological polar surface area (TPSA) is 23.5 Å². The summed E-state index contributed by atoms with van der Waals surface area (Å²) in [7, 11) is 4.04. The standard InChI is InChI=1S/C23H21NOS/c1-24(2)20-14-12-19(13-15-20)23(25,18-9-4-3-5-10-18)22-16-17-8-6-7-11-21(17)26-22/h3-16,25H,1-2H3. The third-order valence-corrected chi connectivity index (χ3v) is 6.00. The van der Waals surface area contributed by atoms with Crippen molar-refractivity contribution >= 4 is 27.1 Å². The second-order valence-corrected chi connectivity index (χ2v) is 7.75. The average Bonchev–Trinajstić information content (AvgIpc) is 3.13. The van der Waals surface area contributed by atoms with Gasteiger partial charge in [-0.2, -0.15) is 0 Å². The third kappa shape index (κ3) is 2.79. The summed E-state index contributed by atoms with van der Waals surface area (Å²) >= 11 is 1.64. The lowest BCUT2D eigenvalue weighted by Crippen LogP contribution is -2.27. The maximum Gasteiger partial charge on any atom is 0.149 e. The number of aliphatic hydroxyl groups is 1. The zero-order chi connectivity index (χ0) is 18.1. The molecule has 0 saturated carbocycles. The third-order valence-electron chi connectivity index (χ3n) is 4.78. The lowest BCUT2D eigenvalue weighted by Gasteiger charge is -2.29. The van der Waals surface area contributed by atoms with Crippen molar-refractivity contribution in [3.8, 4) is 0 Å². The molecule has 1 aromatic heterocycles. The van der Waals surface area contributed by atoms with Crippen molar-refractivity contribution in [3.63, 3.8) is 0 Å². The lowest BCUT2D eigenvalue weighted by atomic mass is 9.84. The minimum absolute atomic E-state index is 0.876. The summed E-state index contributed by atoms with van der Waals surface area (Å²) < 4.78 is 1.18. The van der Waals surface area contributed by atoms with Gasteiger partial charge in [-0.25, -0.2) is 0 Å². The van der Waals surface area contributed by atoms with Crippen LogP contribution in [0.1, 0.15) is 16.0 Å². The zero-order valence-electron chi connectivity index (χ0n) is 14.9. The number of hydrogen-bond acceptors (Lipinski definition) is 3. The highest BCUT2D eigenvalue weighted by atomic mass is 32.1. The lowest BCUT2D eigenvalue weighted by molar-refractivity contribution is 0.130. The molecule has 0 fully saturated rings. The number of benzene rings is 3. The Morgan fingerprint density at radius 2 is 1.38 bits per heavy atom. The highest BCUT2D eigenvalue weighted by Crippen LogP contribution is 2.42. The van der Waals surface area contributed by atoms with Crippen LogP contribution < -0.4 is 4.90 Å². The van der Waals surface area contributed by atoms with Crippen molar-refractivity contribution in [2.75, 3.05) is 19.0 Å². The maximum atomic E-state index is 12.0. The van der Waals surface area contributed by atoms with E-state index in [-0.39, 0.29) is 0 Å². The fourth-order valence-corrected chi connectivity index (χ4v) is 4.49. The summed E-state index contributed by atoms with van der Waals surface area (Å²) in [5.74, 6) is 0. The van der Waals surface area contributed by atoms with Crippen LogP contribution in [0.2, 0.25) is 0 Å². The molecule has 0 amide bonds. The van der Waals surface area contributed by atoms with E-state index in [9.17, 15) is 5.11 Å². The number of thiophene rings is 1. The summed E-state index contributed by atoms with van der Waals surface area (Å²) in [4.78, 5) is 2.99. The molecule has 0 bridgehead atoms. The van der Waals surface area contributed by atoms with Crippen molar-refractivity contribution in [3.05, 3.63) is 101 Å². The van der Waals surface area contributed by atoms with Gasteiger partial charge < -0.3 is 10.0 Å². The first-order valence-corrected chi connectivity index (χ1v) is 9.45. The molecule has 4 aromatic rings. The van der Waals surface area contributed by atoms with Crippen LogP contribution in [0.4, 0.5) is 5.69 Å². The highest BCUT2D eigenvalue weighted by Gasteiger charge is 2.35. The van der Waals surface area contributed by atoms with Crippen LogP contribution in [-0.2, 0) is 5.60 Å².